The van der Waals surface area contributed by atoms with Gasteiger partial charge in [0.25, 0.3) is 0 Å². The highest BCUT2D eigenvalue weighted by atomic mass is 28.3. The number of hydrogen-bond acceptors (Lipinski definition) is 2. The van der Waals surface area contributed by atoms with Crippen LogP contribution in [0.1, 0.15) is 5.69 Å². The molecule has 4 nitrogen and oxygen atoms in total. The lowest BCUT2D eigenvalue weighted by Crippen LogP contribution is -2.28. The van der Waals surface area contributed by atoms with E-state index in [9.17, 15) is 4.79 Å². The maximum atomic E-state index is 12.0. The molecule has 1 aromatic heterocycles. The van der Waals surface area contributed by atoms with Gasteiger partial charge in [-0.1, -0.05) is 50.0 Å². The standard InChI is InChI=1S/C17H24N2O2Si/c1-14-10-11-16(15-8-6-5-7-9-15)19(14)18-17(20)21-12-13-22(2,3)4/h5-11H,12-13H2,1-4H3,(H,18,20). The third kappa shape index (κ3) is 4.49. The largest absolute Gasteiger partial charge is 0.449 e. The van der Waals surface area contributed by atoms with Gasteiger partial charge in [-0.25, -0.2) is 10.2 Å². The fourth-order valence-corrected chi connectivity index (χ4v) is 2.81. The van der Waals surface area contributed by atoms with Crippen LogP contribution in [0.2, 0.25) is 25.7 Å². The van der Waals surface area contributed by atoms with Crippen LogP contribution in [0.15, 0.2) is 42.5 Å². The van der Waals surface area contributed by atoms with Crippen molar-refractivity contribution in [2.24, 2.45) is 0 Å². The summed E-state index contributed by atoms with van der Waals surface area (Å²) in [5.41, 5.74) is 5.77. The van der Waals surface area contributed by atoms with E-state index in [2.05, 4.69) is 25.1 Å². The molecule has 0 spiro atoms. The molecule has 0 radical (unpaired) electrons. The maximum absolute atomic E-state index is 12.0. The number of aryl methyl sites for hydroxylation is 1. The molecule has 0 aliphatic heterocycles. The smallest absolute Gasteiger partial charge is 0.426 e. The molecule has 2 aromatic rings. The van der Waals surface area contributed by atoms with Gasteiger partial charge in [0, 0.05) is 19.3 Å². The summed E-state index contributed by atoms with van der Waals surface area (Å²) in [5.74, 6) is 0. The first-order valence-corrected chi connectivity index (χ1v) is 11.2. The number of amides is 1. The molecule has 0 unspecified atom stereocenters. The van der Waals surface area contributed by atoms with Crippen LogP contribution in [0.4, 0.5) is 4.79 Å². The molecule has 1 aromatic carbocycles. The summed E-state index contributed by atoms with van der Waals surface area (Å²) in [7, 11) is -1.19. The average molecular weight is 316 g/mol. The zero-order chi connectivity index (χ0) is 16.2. The number of aromatic nitrogens is 1. The molecule has 0 bridgehead atoms. The van der Waals surface area contributed by atoms with Gasteiger partial charge in [0.15, 0.2) is 0 Å². The Bertz CT molecular complexity index is 630. The van der Waals surface area contributed by atoms with Gasteiger partial charge in [-0.05, 0) is 25.1 Å². The van der Waals surface area contributed by atoms with Crippen molar-refractivity contribution in [1.29, 1.82) is 0 Å². The Morgan fingerprint density at radius 2 is 1.82 bits per heavy atom. The maximum Gasteiger partial charge on any atom is 0.426 e. The van der Waals surface area contributed by atoms with E-state index in [1.54, 1.807) is 4.68 Å². The van der Waals surface area contributed by atoms with Crippen LogP contribution in [0, 0.1) is 6.92 Å². The minimum absolute atomic E-state index is 0.408. The molecule has 118 valence electrons. The molecular formula is C17H24N2O2Si. The first kappa shape index (κ1) is 16.4. The predicted octanol–water partition coefficient (Wildman–Crippen LogP) is 4.48. The van der Waals surface area contributed by atoms with Crippen LogP contribution >= 0.6 is 0 Å². The van der Waals surface area contributed by atoms with Crippen molar-refractivity contribution in [3.63, 3.8) is 0 Å². The van der Waals surface area contributed by atoms with Crippen molar-refractivity contribution in [2.45, 2.75) is 32.6 Å². The third-order valence-corrected chi connectivity index (χ3v) is 5.14. The van der Waals surface area contributed by atoms with Gasteiger partial charge in [-0.2, -0.15) is 0 Å². The van der Waals surface area contributed by atoms with E-state index in [4.69, 9.17) is 4.74 Å². The fourth-order valence-electron chi connectivity index (χ4n) is 2.09. The highest BCUT2D eigenvalue weighted by molar-refractivity contribution is 6.76. The Kier molecular flexibility index (Phi) is 5.08. The topological polar surface area (TPSA) is 43.3 Å². The molecule has 5 heteroatoms. The molecule has 0 atom stereocenters. The van der Waals surface area contributed by atoms with Gasteiger partial charge in [0.2, 0.25) is 0 Å². The Hall–Kier alpha value is -2.01. The molecule has 2 rings (SSSR count). The lowest BCUT2D eigenvalue weighted by Gasteiger charge is -2.17. The Morgan fingerprint density at radius 3 is 2.45 bits per heavy atom. The molecule has 0 fully saturated rings. The minimum Gasteiger partial charge on any atom is -0.449 e. The van der Waals surface area contributed by atoms with E-state index in [1.807, 2.05) is 49.4 Å². The molecule has 1 N–H and O–H groups in total. The number of hydrogen-bond donors (Lipinski definition) is 1. The summed E-state index contributed by atoms with van der Waals surface area (Å²) in [6, 6.07) is 14.9. The lowest BCUT2D eigenvalue weighted by atomic mass is 10.2. The van der Waals surface area contributed by atoms with Crippen LogP contribution < -0.4 is 5.43 Å². The third-order valence-electron chi connectivity index (χ3n) is 3.43. The summed E-state index contributed by atoms with van der Waals surface area (Å²) in [6.07, 6.45) is -0.408. The Morgan fingerprint density at radius 1 is 1.14 bits per heavy atom. The van der Waals surface area contributed by atoms with Gasteiger partial charge in [-0.15, -0.1) is 0 Å². The highest BCUT2D eigenvalue weighted by Gasteiger charge is 2.15. The van der Waals surface area contributed by atoms with Crippen molar-refractivity contribution < 1.29 is 9.53 Å². The quantitative estimate of drug-likeness (QED) is 0.826. The Balaban J connectivity index is 2.04. The molecule has 0 saturated carbocycles. The number of nitrogens with one attached hydrogen (secondary N) is 1. The van der Waals surface area contributed by atoms with E-state index in [0.717, 1.165) is 23.0 Å². The molecule has 22 heavy (non-hydrogen) atoms. The summed E-state index contributed by atoms with van der Waals surface area (Å²) >= 11 is 0. The zero-order valence-electron chi connectivity index (χ0n) is 13.7. The predicted molar refractivity (Wildman–Crippen MR) is 93.5 cm³/mol. The van der Waals surface area contributed by atoms with Crippen LogP contribution in [0.3, 0.4) is 0 Å². The number of benzene rings is 1. The molecule has 0 aliphatic carbocycles. The number of rotatable bonds is 5. The van der Waals surface area contributed by atoms with Crippen molar-refractivity contribution in [3.05, 3.63) is 48.2 Å². The first-order valence-electron chi connectivity index (χ1n) is 7.54. The van der Waals surface area contributed by atoms with Gasteiger partial charge in [-0.3, -0.25) is 4.68 Å². The second kappa shape index (κ2) is 6.83. The van der Waals surface area contributed by atoms with Gasteiger partial charge < -0.3 is 4.74 Å². The van der Waals surface area contributed by atoms with E-state index in [-0.39, 0.29) is 0 Å². The van der Waals surface area contributed by atoms with E-state index in [0.29, 0.717) is 6.61 Å². The fraction of sp³-hybridized carbons (Fsp3) is 0.353. The average Bonchev–Trinajstić information content (AvgIpc) is 2.80. The SMILES string of the molecule is Cc1ccc(-c2ccccc2)n1NC(=O)OCC[Si](C)(C)C. The van der Waals surface area contributed by atoms with Gasteiger partial charge in [0.1, 0.15) is 0 Å². The van der Waals surface area contributed by atoms with Crippen LogP contribution in [-0.2, 0) is 4.74 Å². The number of carbonyl (C=O) groups excluding carboxylic acids is 1. The number of ether oxygens (including phenoxy) is 1. The summed E-state index contributed by atoms with van der Waals surface area (Å²) in [4.78, 5) is 12.0. The minimum atomic E-state index is -1.19. The molecular weight excluding hydrogens is 292 g/mol. The normalized spacial score (nSPS) is 11.3. The summed E-state index contributed by atoms with van der Waals surface area (Å²) in [6.45, 7) is 9.21. The second-order valence-corrected chi connectivity index (χ2v) is 12.2. The van der Waals surface area contributed by atoms with Gasteiger partial charge >= 0.3 is 6.09 Å². The van der Waals surface area contributed by atoms with E-state index < -0.39 is 14.2 Å². The van der Waals surface area contributed by atoms with Gasteiger partial charge in [0.05, 0.1) is 12.3 Å². The molecule has 1 heterocycles. The second-order valence-electron chi connectivity index (χ2n) is 6.62. The number of nitrogens with zero attached hydrogens (tertiary/aromatic N) is 1. The van der Waals surface area contributed by atoms with E-state index >= 15 is 0 Å². The van der Waals surface area contributed by atoms with Crippen LogP contribution in [0.25, 0.3) is 11.3 Å². The molecule has 0 saturated heterocycles. The van der Waals surface area contributed by atoms with Crippen LogP contribution in [-0.4, -0.2) is 25.5 Å². The highest BCUT2D eigenvalue weighted by Crippen LogP contribution is 2.21. The van der Waals surface area contributed by atoms with Crippen LogP contribution in [0.5, 0.6) is 0 Å². The monoisotopic (exact) mass is 316 g/mol. The van der Waals surface area contributed by atoms with E-state index in [1.165, 1.54) is 0 Å². The van der Waals surface area contributed by atoms with Crippen molar-refractivity contribution >= 4 is 14.2 Å². The Labute approximate surface area is 133 Å². The van der Waals surface area contributed by atoms with Crippen molar-refractivity contribution in [3.8, 4) is 11.3 Å². The van der Waals surface area contributed by atoms with Crippen molar-refractivity contribution in [2.75, 3.05) is 12.0 Å². The summed E-state index contributed by atoms with van der Waals surface area (Å²) in [5, 5.41) is 0. The van der Waals surface area contributed by atoms with Crippen molar-refractivity contribution in [1.82, 2.24) is 4.68 Å². The summed E-state index contributed by atoms with van der Waals surface area (Å²) < 4.78 is 7.07. The molecule has 0 aliphatic rings. The number of carbonyl (C=O) groups is 1. The first-order chi connectivity index (χ1) is 10.4. The zero-order valence-corrected chi connectivity index (χ0v) is 14.7. The lowest BCUT2D eigenvalue weighted by molar-refractivity contribution is 0.164. The molecule has 1 amide bonds.